The highest BCUT2D eigenvalue weighted by molar-refractivity contribution is 7.92. The van der Waals surface area contributed by atoms with Gasteiger partial charge in [-0.25, -0.2) is 18.1 Å². The van der Waals surface area contributed by atoms with Crippen LogP contribution in [0, 0.1) is 20.8 Å². The molecule has 2 rings (SSSR count). The second-order valence-electron chi connectivity index (χ2n) is 4.24. The van der Waals surface area contributed by atoms with Crippen molar-refractivity contribution >= 4 is 16.0 Å². The number of hydrogen-bond acceptors (Lipinski definition) is 6. The number of methoxy groups -OCH3 is 1. The van der Waals surface area contributed by atoms with Crippen LogP contribution in [0.5, 0.6) is 5.88 Å². The summed E-state index contributed by atoms with van der Waals surface area (Å²) in [6.45, 7) is 4.96. The van der Waals surface area contributed by atoms with Crippen molar-refractivity contribution in [1.82, 2.24) is 20.2 Å². The van der Waals surface area contributed by atoms with Crippen molar-refractivity contribution in [2.45, 2.75) is 25.7 Å². The smallest absolute Gasteiger partial charge is 0.267 e. The fourth-order valence-electron chi connectivity index (χ4n) is 1.80. The highest BCUT2D eigenvalue weighted by atomic mass is 32.2. The van der Waals surface area contributed by atoms with Crippen molar-refractivity contribution in [1.29, 1.82) is 0 Å². The molecule has 20 heavy (non-hydrogen) atoms. The number of hydrogen-bond donors (Lipinski definition) is 2. The molecule has 2 heterocycles. The van der Waals surface area contributed by atoms with E-state index in [9.17, 15) is 8.42 Å². The number of sulfonamides is 1. The predicted octanol–water partition coefficient (Wildman–Crippen LogP) is 0.934. The third-order valence-electron chi connectivity index (χ3n) is 2.59. The molecule has 0 saturated carbocycles. The van der Waals surface area contributed by atoms with Gasteiger partial charge < -0.3 is 4.74 Å². The Balaban J connectivity index is 2.41. The molecule has 2 N–H and O–H groups in total. The molecule has 2 aromatic heterocycles. The molecule has 0 spiro atoms. The van der Waals surface area contributed by atoms with Gasteiger partial charge in [0.1, 0.15) is 4.90 Å². The summed E-state index contributed by atoms with van der Waals surface area (Å²) in [7, 11) is -2.35. The van der Waals surface area contributed by atoms with Crippen molar-refractivity contribution < 1.29 is 13.2 Å². The van der Waals surface area contributed by atoms with E-state index in [1.165, 1.54) is 7.11 Å². The number of ether oxygens (including phenoxy) is 1. The lowest BCUT2D eigenvalue weighted by Gasteiger charge is -2.08. The first-order chi connectivity index (χ1) is 9.33. The van der Waals surface area contributed by atoms with Gasteiger partial charge in [-0.05, 0) is 20.8 Å². The van der Waals surface area contributed by atoms with Gasteiger partial charge in [0.25, 0.3) is 10.0 Å². The summed E-state index contributed by atoms with van der Waals surface area (Å²) in [5.41, 5.74) is 1.43. The molecule has 0 aliphatic rings. The van der Waals surface area contributed by atoms with E-state index >= 15 is 0 Å². The number of aryl methyl sites for hydroxylation is 3. The fraction of sp³-hybridized carbons (Fsp3) is 0.364. The summed E-state index contributed by atoms with van der Waals surface area (Å²) in [6, 6.07) is 1.60. The molecule has 0 amide bonds. The Labute approximate surface area is 116 Å². The molecular weight excluding hydrogens is 282 g/mol. The Bertz CT molecular complexity index is 719. The Morgan fingerprint density at radius 2 is 1.95 bits per heavy atom. The number of nitrogens with one attached hydrogen (secondary N) is 2. The molecule has 0 aliphatic heterocycles. The average Bonchev–Trinajstić information content (AvgIpc) is 2.68. The average molecular weight is 297 g/mol. The zero-order valence-electron chi connectivity index (χ0n) is 11.6. The highest BCUT2D eigenvalue weighted by Gasteiger charge is 2.23. The van der Waals surface area contributed by atoms with Crippen LogP contribution in [0.25, 0.3) is 0 Å². The van der Waals surface area contributed by atoms with E-state index in [0.29, 0.717) is 17.1 Å². The van der Waals surface area contributed by atoms with Crippen LogP contribution in [0.15, 0.2) is 11.0 Å². The molecule has 9 heteroatoms. The standard InChI is InChI=1S/C11H15N5O3S/c1-6-5-9(19-4)13-11(12-6)16-20(17,18)10-7(2)14-15-8(10)3/h5H,1-4H3,(H,14,15)(H,12,13,16). The third kappa shape index (κ3) is 2.72. The topological polar surface area (TPSA) is 110 Å². The second kappa shape index (κ2) is 5.08. The Morgan fingerprint density at radius 1 is 1.25 bits per heavy atom. The van der Waals surface area contributed by atoms with Crippen LogP contribution in [0.4, 0.5) is 5.95 Å². The van der Waals surface area contributed by atoms with E-state index < -0.39 is 10.0 Å². The first kappa shape index (κ1) is 14.3. The fourth-order valence-corrected chi connectivity index (χ4v) is 3.11. The monoisotopic (exact) mass is 297 g/mol. The van der Waals surface area contributed by atoms with Gasteiger partial charge in [0, 0.05) is 11.8 Å². The largest absolute Gasteiger partial charge is 0.481 e. The van der Waals surface area contributed by atoms with Gasteiger partial charge >= 0.3 is 0 Å². The van der Waals surface area contributed by atoms with Gasteiger partial charge in [-0.1, -0.05) is 0 Å². The summed E-state index contributed by atoms with van der Waals surface area (Å²) in [5.74, 6) is 0.248. The maximum Gasteiger partial charge on any atom is 0.267 e. The van der Waals surface area contributed by atoms with Crippen LogP contribution in [0.3, 0.4) is 0 Å². The first-order valence-corrected chi connectivity index (χ1v) is 7.26. The summed E-state index contributed by atoms with van der Waals surface area (Å²) >= 11 is 0. The van der Waals surface area contributed by atoms with E-state index in [1.807, 2.05) is 0 Å². The zero-order chi connectivity index (χ0) is 14.9. The van der Waals surface area contributed by atoms with Crippen molar-refractivity contribution in [3.8, 4) is 5.88 Å². The minimum Gasteiger partial charge on any atom is -0.481 e. The molecule has 8 nitrogen and oxygen atoms in total. The molecule has 108 valence electrons. The molecule has 0 radical (unpaired) electrons. The van der Waals surface area contributed by atoms with Gasteiger partial charge in [0.05, 0.1) is 18.5 Å². The molecular formula is C11H15N5O3S. The molecule has 0 fully saturated rings. The van der Waals surface area contributed by atoms with Crippen LogP contribution in [0.2, 0.25) is 0 Å². The summed E-state index contributed by atoms with van der Waals surface area (Å²) in [6.07, 6.45) is 0. The van der Waals surface area contributed by atoms with Crippen molar-refractivity contribution in [3.05, 3.63) is 23.1 Å². The van der Waals surface area contributed by atoms with Gasteiger partial charge in [0.2, 0.25) is 11.8 Å². The van der Waals surface area contributed by atoms with Gasteiger partial charge in [-0.3, -0.25) is 5.10 Å². The lowest BCUT2D eigenvalue weighted by molar-refractivity contribution is 0.397. The summed E-state index contributed by atoms with van der Waals surface area (Å²) in [4.78, 5) is 8.08. The lowest BCUT2D eigenvalue weighted by Crippen LogP contribution is -2.17. The van der Waals surface area contributed by atoms with Gasteiger partial charge in [0.15, 0.2) is 0 Å². The highest BCUT2D eigenvalue weighted by Crippen LogP contribution is 2.20. The number of rotatable bonds is 4. The minimum atomic E-state index is -3.80. The second-order valence-corrected chi connectivity index (χ2v) is 5.86. The number of nitrogens with zero attached hydrogens (tertiary/aromatic N) is 3. The molecule has 2 aromatic rings. The van der Waals surface area contributed by atoms with Crippen LogP contribution in [-0.4, -0.2) is 35.7 Å². The zero-order valence-corrected chi connectivity index (χ0v) is 12.4. The summed E-state index contributed by atoms with van der Waals surface area (Å²) < 4.78 is 32.0. The van der Waals surface area contributed by atoms with Crippen molar-refractivity contribution in [3.63, 3.8) is 0 Å². The normalized spacial score (nSPS) is 11.4. The van der Waals surface area contributed by atoms with Crippen molar-refractivity contribution in [2.24, 2.45) is 0 Å². The number of H-pyrrole nitrogens is 1. The van der Waals surface area contributed by atoms with E-state index in [1.54, 1.807) is 26.8 Å². The number of aromatic amines is 1. The van der Waals surface area contributed by atoms with E-state index in [2.05, 4.69) is 24.9 Å². The van der Waals surface area contributed by atoms with E-state index in [-0.39, 0.29) is 16.7 Å². The lowest BCUT2D eigenvalue weighted by atomic mass is 10.4. The number of aromatic nitrogens is 4. The molecule has 0 bridgehead atoms. The maximum absolute atomic E-state index is 12.3. The molecule has 0 unspecified atom stereocenters. The van der Waals surface area contributed by atoms with E-state index in [0.717, 1.165) is 0 Å². The van der Waals surface area contributed by atoms with Gasteiger partial charge in [-0.2, -0.15) is 10.1 Å². The van der Waals surface area contributed by atoms with Crippen molar-refractivity contribution in [2.75, 3.05) is 11.8 Å². The minimum absolute atomic E-state index is 0.0400. The van der Waals surface area contributed by atoms with Gasteiger partial charge in [-0.15, -0.1) is 0 Å². The summed E-state index contributed by atoms with van der Waals surface area (Å²) in [5, 5.41) is 6.49. The Kier molecular flexibility index (Phi) is 3.62. The molecule has 0 aliphatic carbocycles. The van der Waals surface area contributed by atoms with Crippen LogP contribution in [0.1, 0.15) is 17.1 Å². The first-order valence-electron chi connectivity index (χ1n) is 5.77. The van der Waals surface area contributed by atoms with Crippen LogP contribution in [-0.2, 0) is 10.0 Å². The quantitative estimate of drug-likeness (QED) is 0.869. The molecule has 0 aromatic carbocycles. The Morgan fingerprint density at radius 3 is 2.50 bits per heavy atom. The molecule has 0 saturated heterocycles. The predicted molar refractivity (Wildman–Crippen MR) is 72.2 cm³/mol. The molecule has 0 atom stereocenters. The third-order valence-corrected chi connectivity index (χ3v) is 4.19. The maximum atomic E-state index is 12.3. The SMILES string of the molecule is COc1cc(C)nc(NS(=O)(=O)c2c(C)n[nH]c2C)n1. The van der Waals surface area contributed by atoms with E-state index in [4.69, 9.17) is 4.74 Å². The number of anilines is 1. The Hall–Kier alpha value is -2.16. The van der Waals surface area contributed by atoms with Crippen LogP contribution >= 0.6 is 0 Å². The van der Waals surface area contributed by atoms with Crippen LogP contribution < -0.4 is 9.46 Å².